The van der Waals surface area contributed by atoms with Gasteiger partial charge in [0.15, 0.2) is 0 Å². The third-order valence-electron chi connectivity index (χ3n) is 12.1. The highest BCUT2D eigenvalue weighted by Crippen LogP contribution is 2.43. The van der Waals surface area contributed by atoms with Gasteiger partial charge in [-0.1, -0.05) is 186 Å². The predicted molar refractivity (Wildman–Crippen MR) is 248 cm³/mol. The molecule has 4 heteroatoms. The Balaban J connectivity index is 1.11. The van der Waals surface area contributed by atoms with Gasteiger partial charge in [-0.05, 0) is 76.9 Å². The number of para-hydroxylation sites is 3. The maximum absolute atomic E-state index is 2.49. The Morgan fingerprint density at radius 1 is 0.345 bits per heavy atom. The molecule has 0 unspecified atom stereocenters. The average molecular weight is 755 g/mol. The van der Waals surface area contributed by atoms with Crippen LogP contribution in [0.2, 0.25) is 0 Å². The van der Waals surface area contributed by atoms with E-state index in [-0.39, 0.29) is 6.71 Å². The highest BCUT2D eigenvalue weighted by atomic mass is 32.2. The van der Waals surface area contributed by atoms with E-state index in [0.29, 0.717) is 0 Å². The number of aromatic nitrogens is 2. The lowest BCUT2D eigenvalue weighted by Gasteiger charge is -2.30. The van der Waals surface area contributed by atoms with E-state index in [4.69, 9.17) is 0 Å². The molecule has 1 aliphatic heterocycles. The molecular weight excluding hydrogens is 719 g/mol. The van der Waals surface area contributed by atoms with Gasteiger partial charge in [-0.2, -0.15) is 0 Å². The van der Waals surface area contributed by atoms with E-state index in [1.165, 1.54) is 103 Å². The second-order valence-electron chi connectivity index (χ2n) is 15.2. The summed E-state index contributed by atoms with van der Waals surface area (Å²) in [5.74, 6) is 0. The molecule has 0 saturated heterocycles. The lowest BCUT2D eigenvalue weighted by atomic mass is 9.35. The zero-order valence-corrected chi connectivity index (χ0v) is 32.4. The molecule has 3 heterocycles. The number of fused-ring (bicyclic) bond motifs is 9. The van der Waals surface area contributed by atoms with E-state index in [1.54, 1.807) is 0 Å². The van der Waals surface area contributed by atoms with Crippen molar-refractivity contribution >= 4 is 78.5 Å². The molecule has 0 atom stereocenters. The van der Waals surface area contributed by atoms with Crippen molar-refractivity contribution in [2.45, 2.75) is 9.79 Å². The summed E-state index contributed by atoms with van der Waals surface area (Å²) in [6, 6.07) is 78.1. The first kappa shape index (κ1) is 33.2. The van der Waals surface area contributed by atoms with Crippen LogP contribution in [0.1, 0.15) is 0 Å². The zero-order chi connectivity index (χ0) is 38.2. The van der Waals surface area contributed by atoms with E-state index in [1.807, 2.05) is 11.8 Å². The van der Waals surface area contributed by atoms with E-state index in [0.717, 1.165) is 0 Å². The van der Waals surface area contributed by atoms with Crippen LogP contribution >= 0.6 is 11.8 Å². The van der Waals surface area contributed by atoms with Crippen molar-refractivity contribution in [3.8, 4) is 33.6 Å². The molecule has 0 radical (unpaired) electrons. The van der Waals surface area contributed by atoms with Gasteiger partial charge in [0, 0.05) is 42.7 Å². The summed E-state index contributed by atoms with van der Waals surface area (Å²) in [6.45, 7) is 0.0370. The van der Waals surface area contributed by atoms with Gasteiger partial charge in [-0.25, -0.2) is 0 Å². The molecule has 9 aromatic carbocycles. The Bertz CT molecular complexity index is 3310. The highest BCUT2D eigenvalue weighted by Gasteiger charge is 2.35. The Labute approximate surface area is 341 Å². The van der Waals surface area contributed by atoms with E-state index < -0.39 is 0 Å². The Morgan fingerprint density at radius 3 is 1.47 bits per heavy atom. The fourth-order valence-corrected chi connectivity index (χ4v) is 10.8. The smallest absolute Gasteiger partial charge is 0.245 e. The van der Waals surface area contributed by atoms with Crippen LogP contribution in [0.4, 0.5) is 0 Å². The summed E-state index contributed by atoms with van der Waals surface area (Å²) < 4.78 is 4.91. The van der Waals surface area contributed by atoms with Crippen LogP contribution in [0.25, 0.3) is 77.2 Å². The Kier molecular flexibility index (Phi) is 7.60. The quantitative estimate of drug-likeness (QED) is 0.159. The minimum atomic E-state index is 0.0370. The molecule has 0 bridgehead atoms. The molecule has 270 valence electrons. The van der Waals surface area contributed by atoms with Crippen LogP contribution < -0.4 is 16.4 Å². The summed E-state index contributed by atoms with van der Waals surface area (Å²) in [7, 11) is 0. The van der Waals surface area contributed by atoms with Gasteiger partial charge in [-0.3, -0.25) is 0 Å². The summed E-state index contributed by atoms with van der Waals surface area (Å²) in [6.07, 6.45) is 0. The highest BCUT2D eigenvalue weighted by molar-refractivity contribution is 8.00. The van der Waals surface area contributed by atoms with Gasteiger partial charge in [0.1, 0.15) is 0 Å². The van der Waals surface area contributed by atoms with Crippen molar-refractivity contribution in [3.63, 3.8) is 0 Å². The first-order chi connectivity index (χ1) is 28.8. The number of rotatable bonds is 5. The van der Waals surface area contributed by atoms with E-state index >= 15 is 0 Å². The normalized spacial score (nSPS) is 12.4. The average Bonchev–Trinajstić information content (AvgIpc) is 3.81. The van der Waals surface area contributed by atoms with Crippen molar-refractivity contribution in [2.24, 2.45) is 0 Å². The Morgan fingerprint density at radius 2 is 0.845 bits per heavy atom. The monoisotopic (exact) mass is 754 g/mol. The SMILES string of the molecule is c1ccc(-c2cccc(-c3ccccc3)c2B2c3ccccc3Sc3cc(-n4c5ccccc5c5c6c7ccccc7n(-c7ccccc7)c6ccc54)ccc32)cc1. The van der Waals surface area contributed by atoms with Crippen LogP contribution in [-0.4, -0.2) is 15.8 Å². The Hall–Kier alpha value is -7.01. The second kappa shape index (κ2) is 13.3. The molecule has 2 aromatic heterocycles. The third kappa shape index (κ3) is 5.02. The van der Waals surface area contributed by atoms with Crippen LogP contribution in [0, 0.1) is 0 Å². The van der Waals surface area contributed by atoms with Crippen LogP contribution in [0.5, 0.6) is 0 Å². The minimum absolute atomic E-state index is 0.0370. The lowest BCUT2D eigenvalue weighted by molar-refractivity contribution is 1.16. The summed E-state index contributed by atoms with van der Waals surface area (Å²) >= 11 is 1.90. The molecule has 0 aliphatic carbocycles. The van der Waals surface area contributed by atoms with Crippen molar-refractivity contribution in [1.82, 2.24) is 9.13 Å². The van der Waals surface area contributed by atoms with Crippen LogP contribution in [-0.2, 0) is 0 Å². The molecule has 0 spiro atoms. The molecule has 2 nitrogen and oxygen atoms in total. The first-order valence-electron chi connectivity index (χ1n) is 20.0. The molecular formula is C54H35BN2S. The largest absolute Gasteiger partial charge is 0.309 e. The molecule has 0 fully saturated rings. The summed E-state index contributed by atoms with van der Waals surface area (Å²) in [5, 5.41) is 5.11. The van der Waals surface area contributed by atoms with Gasteiger partial charge in [0.05, 0.1) is 22.1 Å². The standard InChI is InChI=1S/C54H35BN2S/c1-4-17-36(18-5-1)40-25-16-26-41(37-19-6-2-7-20-37)54(40)55-44-27-12-15-30-50(44)58-51-35-39(31-32-45(51)55)57-47-29-14-11-24-43(47)53-49(57)34-33-48-52(53)42-23-10-13-28-46(42)56(48)38-21-8-3-9-22-38/h1-35H. The van der Waals surface area contributed by atoms with Crippen LogP contribution in [0.3, 0.4) is 0 Å². The summed E-state index contributed by atoms with van der Waals surface area (Å²) in [5.41, 5.74) is 16.2. The molecule has 0 amide bonds. The number of nitrogens with zero attached hydrogens (tertiary/aromatic N) is 2. The molecule has 0 saturated carbocycles. The molecule has 1 aliphatic rings. The minimum Gasteiger partial charge on any atom is -0.309 e. The first-order valence-corrected chi connectivity index (χ1v) is 20.8. The fourth-order valence-electron chi connectivity index (χ4n) is 9.66. The fraction of sp³-hybridized carbons (Fsp3) is 0. The third-order valence-corrected chi connectivity index (χ3v) is 13.2. The number of benzene rings is 9. The van der Waals surface area contributed by atoms with Crippen molar-refractivity contribution < 1.29 is 0 Å². The molecule has 12 rings (SSSR count). The zero-order valence-electron chi connectivity index (χ0n) is 31.6. The maximum Gasteiger partial charge on any atom is 0.245 e. The topological polar surface area (TPSA) is 9.86 Å². The number of hydrogen-bond acceptors (Lipinski definition) is 1. The molecule has 11 aromatic rings. The summed E-state index contributed by atoms with van der Waals surface area (Å²) in [4.78, 5) is 2.59. The molecule has 0 N–H and O–H groups in total. The van der Waals surface area contributed by atoms with Gasteiger partial charge < -0.3 is 9.13 Å². The van der Waals surface area contributed by atoms with Crippen LogP contribution in [0.15, 0.2) is 222 Å². The van der Waals surface area contributed by atoms with Gasteiger partial charge in [-0.15, -0.1) is 0 Å². The maximum atomic E-state index is 2.49. The van der Waals surface area contributed by atoms with Crippen molar-refractivity contribution in [3.05, 3.63) is 212 Å². The molecule has 58 heavy (non-hydrogen) atoms. The van der Waals surface area contributed by atoms with Gasteiger partial charge in [0.2, 0.25) is 6.71 Å². The predicted octanol–water partition coefficient (Wildman–Crippen LogP) is 12.2. The second-order valence-corrected chi connectivity index (χ2v) is 16.3. The lowest BCUT2D eigenvalue weighted by Crippen LogP contribution is -2.56. The van der Waals surface area contributed by atoms with Gasteiger partial charge in [0.25, 0.3) is 0 Å². The number of hydrogen-bond donors (Lipinski definition) is 0. The van der Waals surface area contributed by atoms with E-state index in [9.17, 15) is 0 Å². The van der Waals surface area contributed by atoms with Crippen molar-refractivity contribution in [2.75, 3.05) is 0 Å². The van der Waals surface area contributed by atoms with Crippen molar-refractivity contribution in [1.29, 1.82) is 0 Å². The van der Waals surface area contributed by atoms with E-state index in [2.05, 4.69) is 221 Å². The van der Waals surface area contributed by atoms with Gasteiger partial charge >= 0.3 is 0 Å².